The summed E-state index contributed by atoms with van der Waals surface area (Å²) in [4.78, 5) is 11.4. The lowest BCUT2D eigenvalue weighted by molar-refractivity contribution is -0.145. The van der Waals surface area contributed by atoms with Crippen LogP contribution in [0.4, 0.5) is 5.69 Å². The topological polar surface area (TPSA) is 38.3 Å². The Labute approximate surface area is 111 Å². The summed E-state index contributed by atoms with van der Waals surface area (Å²) in [5, 5.41) is 3.30. The zero-order chi connectivity index (χ0) is 13.0. The van der Waals surface area contributed by atoms with Gasteiger partial charge in [0.05, 0.1) is 13.0 Å². The zero-order valence-corrected chi connectivity index (χ0v) is 12.2. The molecule has 0 aliphatic heterocycles. The van der Waals surface area contributed by atoms with E-state index in [0.717, 1.165) is 10.2 Å². The third kappa shape index (κ3) is 3.73. The van der Waals surface area contributed by atoms with Crippen LogP contribution in [0.5, 0.6) is 0 Å². The van der Waals surface area contributed by atoms with Gasteiger partial charge >= 0.3 is 5.97 Å². The van der Waals surface area contributed by atoms with Gasteiger partial charge in [0.25, 0.3) is 0 Å². The van der Waals surface area contributed by atoms with Gasteiger partial charge in [-0.3, -0.25) is 4.79 Å². The van der Waals surface area contributed by atoms with Crippen LogP contribution in [0.2, 0.25) is 0 Å². The number of esters is 1. The molecule has 2 unspecified atom stereocenters. The van der Waals surface area contributed by atoms with E-state index in [1.807, 2.05) is 39.0 Å². The standard InChI is InChI=1S/C13H18BrNO2/c1-8-5-6-12(11(14)7-8)15-10(3)9(2)13(16)17-4/h5-7,9-10,15H,1-4H3. The summed E-state index contributed by atoms with van der Waals surface area (Å²) < 4.78 is 5.73. The molecular weight excluding hydrogens is 282 g/mol. The maximum absolute atomic E-state index is 11.4. The molecular formula is C13H18BrNO2. The number of carbonyl (C=O) groups excluding carboxylic acids is 1. The first-order chi connectivity index (χ1) is 7.95. The van der Waals surface area contributed by atoms with E-state index >= 15 is 0 Å². The number of aryl methyl sites for hydroxylation is 1. The summed E-state index contributed by atoms with van der Waals surface area (Å²) in [6.45, 7) is 5.86. The van der Waals surface area contributed by atoms with Crippen LogP contribution in [0.25, 0.3) is 0 Å². The van der Waals surface area contributed by atoms with E-state index in [4.69, 9.17) is 4.74 Å². The van der Waals surface area contributed by atoms with Gasteiger partial charge in [0.1, 0.15) is 0 Å². The van der Waals surface area contributed by atoms with Crippen LogP contribution in [0, 0.1) is 12.8 Å². The van der Waals surface area contributed by atoms with Crippen molar-refractivity contribution >= 4 is 27.6 Å². The van der Waals surface area contributed by atoms with Crippen LogP contribution >= 0.6 is 15.9 Å². The Bertz CT molecular complexity index is 406. The third-order valence-corrected chi connectivity index (χ3v) is 3.49. The first kappa shape index (κ1) is 14.0. The first-order valence-electron chi connectivity index (χ1n) is 5.56. The summed E-state index contributed by atoms with van der Waals surface area (Å²) >= 11 is 3.50. The normalized spacial score (nSPS) is 13.9. The van der Waals surface area contributed by atoms with Crippen molar-refractivity contribution in [3.05, 3.63) is 28.2 Å². The minimum atomic E-state index is -0.201. The number of carbonyl (C=O) groups is 1. The maximum Gasteiger partial charge on any atom is 0.310 e. The summed E-state index contributed by atoms with van der Waals surface area (Å²) in [5.74, 6) is -0.388. The highest BCUT2D eigenvalue weighted by Gasteiger charge is 2.21. The molecule has 0 amide bonds. The Morgan fingerprint density at radius 1 is 1.41 bits per heavy atom. The van der Waals surface area contributed by atoms with E-state index in [1.54, 1.807) is 0 Å². The van der Waals surface area contributed by atoms with Crippen molar-refractivity contribution in [2.45, 2.75) is 26.8 Å². The predicted octanol–water partition coefficient (Wildman–Crippen LogP) is 3.37. The number of methoxy groups -OCH3 is 1. The Morgan fingerprint density at radius 2 is 2.06 bits per heavy atom. The lowest BCUT2D eigenvalue weighted by atomic mass is 10.0. The number of rotatable bonds is 4. The largest absolute Gasteiger partial charge is 0.469 e. The molecule has 1 aromatic rings. The Morgan fingerprint density at radius 3 is 2.59 bits per heavy atom. The summed E-state index contributed by atoms with van der Waals surface area (Å²) in [5.41, 5.74) is 2.18. The molecule has 0 fully saturated rings. The van der Waals surface area contributed by atoms with Crippen LogP contribution in [-0.2, 0) is 9.53 Å². The maximum atomic E-state index is 11.4. The van der Waals surface area contributed by atoms with Gasteiger partial charge in [0.2, 0.25) is 0 Å². The molecule has 4 heteroatoms. The average Bonchev–Trinajstić information content (AvgIpc) is 2.30. The second-order valence-corrected chi connectivity index (χ2v) is 5.08. The highest BCUT2D eigenvalue weighted by molar-refractivity contribution is 9.10. The van der Waals surface area contributed by atoms with Gasteiger partial charge in [-0.15, -0.1) is 0 Å². The fraction of sp³-hybridized carbons (Fsp3) is 0.462. The smallest absolute Gasteiger partial charge is 0.310 e. The van der Waals surface area contributed by atoms with E-state index < -0.39 is 0 Å². The van der Waals surface area contributed by atoms with Crippen molar-refractivity contribution < 1.29 is 9.53 Å². The molecule has 0 saturated heterocycles. The molecule has 0 aliphatic rings. The minimum absolute atomic E-state index is 0.0152. The van der Waals surface area contributed by atoms with E-state index in [0.29, 0.717) is 0 Å². The van der Waals surface area contributed by atoms with Crippen molar-refractivity contribution in [2.24, 2.45) is 5.92 Å². The number of ether oxygens (including phenoxy) is 1. The molecule has 1 rings (SSSR count). The van der Waals surface area contributed by atoms with Crippen molar-refractivity contribution in [3.8, 4) is 0 Å². The number of anilines is 1. The molecule has 0 bridgehead atoms. The van der Waals surface area contributed by atoms with Crippen molar-refractivity contribution in [3.63, 3.8) is 0 Å². The number of hydrogen-bond donors (Lipinski definition) is 1. The number of hydrogen-bond acceptors (Lipinski definition) is 3. The molecule has 1 aromatic carbocycles. The van der Waals surface area contributed by atoms with E-state index in [9.17, 15) is 4.79 Å². The fourth-order valence-corrected chi connectivity index (χ4v) is 2.11. The summed E-state index contributed by atoms with van der Waals surface area (Å²) in [6.07, 6.45) is 0. The third-order valence-electron chi connectivity index (χ3n) is 2.83. The number of benzene rings is 1. The van der Waals surface area contributed by atoms with Crippen molar-refractivity contribution in [1.29, 1.82) is 0 Å². The Hall–Kier alpha value is -1.03. The van der Waals surface area contributed by atoms with Crippen molar-refractivity contribution in [1.82, 2.24) is 0 Å². The molecule has 0 aliphatic carbocycles. The molecule has 0 radical (unpaired) electrons. The van der Waals surface area contributed by atoms with Gasteiger partial charge in [-0.05, 0) is 54.4 Å². The molecule has 1 N–H and O–H groups in total. The average molecular weight is 300 g/mol. The monoisotopic (exact) mass is 299 g/mol. The lowest BCUT2D eigenvalue weighted by Crippen LogP contribution is -2.30. The Balaban J connectivity index is 2.74. The quantitative estimate of drug-likeness (QED) is 0.866. The van der Waals surface area contributed by atoms with Gasteiger partial charge in [-0.25, -0.2) is 0 Å². The number of nitrogens with one attached hydrogen (secondary N) is 1. The highest BCUT2D eigenvalue weighted by atomic mass is 79.9. The van der Waals surface area contributed by atoms with Crippen LogP contribution in [-0.4, -0.2) is 19.1 Å². The van der Waals surface area contributed by atoms with Gasteiger partial charge in [0.15, 0.2) is 0 Å². The van der Waals surface area contributed by atoms with E-state index in [2.05, 4.69) is 21.2 Å². The molecule has 3 nitrogen and oxygen atoms in total. The van der Waals surface area contributed by atoms with Gasteiger partial charge in [-0.1, -0.05) is 6.07 Å². The van der Waals surface area contributed by atoms with Crippen molar-refractivity contribution in [2.75, 3.05) is 12.4 Å². The van der Waals surface area contributed by atoms with E-state index in [1.165, 1.54) is 12.7 Å². The second kappa shape index (κ2) is 6.05. The van der Waals surface area contributed by atoms with Gasteiger partial charge in [-0.2, -0.15) is 0 Å². The Kier molecular flexibility index (Phi) is 5.00. The molecule has 0 spiro atoms. The van der Waals surface area contributed by atoms with Crippen LogP contribution in [0.3, 0.4) is 0 Å². The summed E-state index contributed by atoms with van der Waals surface area (Å²) in [6, 6.07) is 6.09. The zero-order valence-electron chi connectivity index (χ0n) is 10.6. The fourth-order valence-electron chi connectivity index (χ4n) is 1.50. The van der Waals surface area contributed by atoms with Crippen LogP contribution in [0.1, 0.15) is 19.4 Å². The van der Waals surface area contributed by atoms with Gasteiger partial charge < -0.3 is 10.1 Å². The summed E-state index contributed by atoms with van der Waals surface area (Å²) in [7, 11) is 1.41. The SMILES string of the molecule is COC(=O)C(C)C(C)Nc1ccc(C)cc1Br. The second-order valence-electron chi connectivity index (χ2n) is 4.23. The first-order valence-corrected chi connectivity index (χ1v) is 6.35. The molecule has 0 aromatic heterocycles. The number of halogens is 1. The molecule has 94 valence electrons. The van der Waals surface area contributed by atoms with Crippen LogP contribution < -0.4 is 5.32 Å². The van der Waals surface area contributed by atoms with E-state index in [-0.39, 0.29) is 17.9 Å². The molecule has 17 heavy (non-hydrogen) atoms. The molecule has 0 heterocycles. The molecule has 2 atom stereocenters. The van der Waals surface area contributed by atoms with Crippen LogP contribution in [0.15, 0.2) is 22.7 Å². The highest BCUT2D eigenvalue weighted by Crippen LogP contribution is 2.25. The molecule has 0 saturated carbocycles. The van der Waals surface area contributed by atoms with Gasteiger partial charge in [0, 0.05) is 16.2 Å². The lowest BCUT2D eigenvalue weighted by Gasteiger charge is -2.21. The predicted molar refractivity (Wildman–Crippen MR) is 73.1 cm³/mol. The minimum Gasteiger partial charge on any atom is -0.469 e.